The van der Waals surface area contributed by atoms with Crippen molar-refractivity contribution in [3.05, 3.63) is 41.9 Å². The number of aromatic nitrogens is 2. The van der Waals surface area contributed by atoms with E-state index in [0.29, 0.717) is 5.02 Å². The number of fused-ring (bicyclic) bond motifs is 1. The third-order valence-electron chi connectivity index (χ3n) is 2.53. The molecule has 0 aliphatic carbocycles. The van der Waals surface area contributed by atoms with Gasteiger partial charge in [-0.2, -0.15) is 5.10 Å². The van der Waals surface area contributed by atoms with E-state index in [9.17, 15) is 0 Å². The fraction of sp³-hybridized carbons (Fsp3) is 0.0833. The largest absolute Gasteiger partial charge is 0.464 e. The van der Waals surface area contributed by atoms with E-state index in [1.165, 1.54) is 0 Å². The van der Waals surface area contributed by atoms with Gasteiger partial charge < -0.3 is 4.42 Å². The first-order valence-electron chi connectivity index (χ1n) is 4.90. The van der Waals surface area contributed by atoms with Gasteiger partial charge in [0.05, 0.1) is 12.5 Å². The summed E-state index contributed by atoms with van der Waals surface area (Å²) >= 11 is 6.07. The molecule has 80 valence electrons. The summed E-state index contributed by atoms with van der Waals surface area (Å²) in [5, 5.41) is 5.85. The molecule has 16 heavy (non-hydrogen) atoms. The molecule has 3 rings (SSSR count). The molecule has 0 N–H and O–H groups in total. The van der Waals surface area contributed by atoms with Crippen LogP contribution in [0.3, 0.4) is 0 Å². The van der Waals surface area contributed by atoms with E-state index in [1.54, 1.807) is 17.1 Å². The summed E-state index contributed by atoms with van der Waals surface area (Å²) in [6, 6.07) is 5.69. The molecule has 0 bridgehead atoms. The second kappa shape index (κ2) is 3.39. The number of halogens is 1. The van der Waals surface area contributed by atoms with Gasteiger partial charge in [-0.05, 0) is 18.2 Å². The van der Waals surface area contributed by atoms with E-state index in [4.69, 9.17) is 16.0 Å². The Morgan fingerprint density at radius 3 is 3.00 bits per heavy atom. The fourth-order valence-corrected chi connectivity index (χ4v) is 2.05. The van der Waals surface area contributed by atoms with E-state index in [0.717, 1.165) is 22.1 Å². The van der Waals surface area contributed by atoms with Crippen molar-refractivity contribution in [2.24, 2.45) is 7.05 Å². The summed E-state index contributed by atoms with van der Waals surface area (Å²) in [6.07, 6.45) is 5.40. The van der Waals surface area contributed by atoms with E-state index >= 15 is 0 Å². The first-order valence-corrected chi connectivity index (χ1v) is 5.27. The van der Waals surface area contributed by atoms with Crippen LogP contribution in [0.5, 0.6) is 0 Å². The number of rotatable bonds is 1. The number of aryl methyl sites for hydroxylation is 1. The molecule has 2 heterocycles. The van der Waals surface area contributed by atoms with Gasteiger partial charge in [-0.3, -0.25) is 4.68 Å². The van der Waals surface area contributed by atoms with Gasteiger partial charge in [0.25, 0.3) is 0 Å². The highest BCUT2D eigenvalue weighted by molar-refractivity contribution is 6.31. The van der Waals surface area contributed by atoms with Crippen molar-refractivity contribution in [2.75, 3.05) is 0 Å². The third kappa shape index (κ3) is 1.41. The third-order valence-corrected chi connectivity index (χ3v) is 2.75. The Kier molecular flexibility index (Phi) is 2.01. The van der Waals surface area contributed by atoms with Gasteiger partial charge in [0, 0.05) is 34.8 Å². The van der Waals surface area contributed by atoms with E-state index in [-0.39, 0.29) is 0 Å². The number of hydrogen-bond acceptors (Lipinski definition) is 2. The van der Waals surface area contributed by atoms with Gasteiger partial charge in [0.15, 0.2) is 0 Å². The maximum Gasteiger partial charge on any atom is 0.141 e. The summed E-state index contributed by atoms with van der Waals surface area (Å²) in [5.41, 5.74) is 2.82. The molecular weight excluding hydrogens is 224 g/mol. The average molecular weight is 233 g/mol. The van der Waals surface area contributed by atoms with Gasteiger partial charge in [0.1, 0.15) is 5.58 Å². The topological polar surface area (TPSA) is 31.0 Å². The Balaban J connectivity index is 2.33. The summed E-state index contributed by atoms with van der Waals surface area (Å²) in [6.45, 7) is 0. The SMILES string of the molecule is Cn1cc(-c2cc(Cl)cc3ccoc23)cn1. The standard InChI is InChI=1S/C12H9ClN2O/c1-15-7-9(6-14-15)11-5-10(13)4-8-2-3-16-12(8)11/h2-7H,1H3. The number of furan rings is 1. The van der Waals surface area contributed by atoms with Gasteiger partial charge >= 0.3 is 0 Å². The highest BCUT2D eigenvalue weighted by atomic mass is 35.5. The van der Waals surface area contributed by atoms with Crippen LogP contribution >= 0.6 is 11.6 Å². The zero-order chi connectivity index (χ0) is 11.1. The zero-order valence-electron chi connectivity index (χ0n) is 8.64. The van der Waals surface area contributed by atoms with Crippen LogP contribution in [0.15, 0.2) is 41.3 Å². The fourth-order valence-electron chi connectivity index (χ4n) is 1.82. The molecule has 0 radical (unpaired) electrons. The minimum atomic E-state index is 0.702. The molecule has 2 aromatic heterocycles. The van der Waals surface area contributed by atoms with Gasteiger partial charge in [-0.15, -0.1) is 0 Å². The molecule has 0 aliphatic heterocycles. The lowest BCUT2D eigenvalue weighted by Gasteiger charge is -2.00. The molecule has 0 amide bonds. The lowest BCUT2D eigenvalue weighted by Crippen LogP contribution is -1.84. The number of benzene rings is 1. The van der Waals surface area contributed by atoms with E-state index < -0.39 is 0 Å². The van der Waals surface area contributed by atoms with Gasteiger partial charge in [0.2, 0.25) is 0 Å². The second-order valence-electron chi connectivity index (χ2n) is 3.69. The summed E-state index contributed by atoms with van der Waals surface area (Å²) in [7, 11) is 1.88. The molecule has 0 spiro atoms. The minimum Gasteiger partial charge on any atom is -0.464 e. The monoisotopic (exact) mass is 232 g/mol. The molecular formula is C12H9ClN2O. The summed E-state index contributed by atoms with van der Waals surface area (Å²) < 4.78 is 7.23. The Morgan fingerprint density at radius 2 is 2.25 bits per heavy atom. The van der Waals surface area contributed by atoms with Crippen molar-refractivity contribution in [2.45, 2.75) is 0 Å². The van der Waals surface area contributed by atoms with Crippen LogP contribution in [-0.4, -0.2) is 9.78 Å². The Bertz CT molecular complexity index is 654. The normalized spacial score (nSPS) is 11.1. The highest BCUT2D eigenvalue weighted by Gasteiger charge is 2.09. The molecule has 0 aliphatic rings. The molecule has 0 fully saturated rings. The van der Waals surface area contributed by atoms with Crippen molar-refractivity contribution in [3.8, 4) is 11.1 Å². The maximum absolute atomic E-state index is 6.07. The van der Waals surface area contributed by atoms with Gasteiger partial charge in [-0.1, -0.05) is 11.6 Å². The van der Waals surface area contributed by atoms with Crippen LogP contribution < -0.4 is 0 Å². The van der Waals surface area contributed by atoms with Crippen LogP contribution in [0, 0.1) is 0 Å². The molecule has 3 aromatic rings. The molecule has 0 saturated carbocycles. The second-order valence-corrected chi connectivity index (χ2v) is 4.13. The highest BCUT2D eigenvalue weighted by Crippen LogP contribution is 2.32. The van der Waals surface area contributed by atoms with Crippen LogP contribution in [0.2, 0.25) is 5.02 Å². The lowest BCUT2D eigenvalue weighted by molar-refractivity contribution is 0.617. The molecule has 1 aromatic carbocycles. The predicted molar refractivity (Wildman–Crippen MR) is 63.4 cm³/mol. The van der Waals surface area contributed by atoms with Crippen molar-refractivity contribution < 1.29 is 4.42 Å². The van der Waals surface area contributed by atoms with E-state index in [2.05, 4.69) is 5.10 Å². The van der Waals surface area contributed by atoms with Crippen LogP contribution in [0.4, 0.5) is 0 Å². The zero-order valence-corrected chi connectivity index (χ0v) is 9.40. The smallest absolute Gasteiger partial charge is 0.141 e. The first-order chi connectivity index (χ1) is 7.74. The first kappa shape index (κ1) is 9.48. The van der Waals surface area contributed by atoms with Gasteiger partial charge in [-0.25, -0.2) is 0 Å². The Morgan fingerprint density at radius 1 is 1.38 bits per heavy atom. The average Bonchev–Trinajstić information content (AvgIpc) is 2.84. The molecule has 4 heteroatoms. The molecule has 0 saturated heterocycles. The summed E-state index contributed by atoms with van der Waals surface area (Å²) in [4.78, 5) is 0. The van der Waals surface area contributed by atoms with Crippen molar-refractivity contribution in [1.82, 2.24) is 9.78 Å². The van der Waals surface area contributed by atoms with Crippen LogP contribution in [-0.2, 0) is 7.05 Å². The Hall–Kier alpha value is -1.74. The lowest BCUT2D eigenvalue weighted by atomic mass is 10.1. The molecule has 0 unspecified atom stereocenters. The number of nitrogens with zero attached hydrogens (tertiary/aromatic N) is 2. The van der Waals surface area contributed by atoms with Crippen molar-refractivity contribution >= 4 is 22.6 Å². The Labute approximate surface area is 97.2 Å². The molecule has 3 nitrogen and oxygen atoms in total. The van der Waals surface area contributed by atoms with Crippen LogP contribution in [0.25, 0.3) is 22.1 Å². The van der Waals surface area contributed by atoms with E-state index in [1.807, 2.05) is 31.4 Å². The summed E-state index contributed by atoms with van der Waals surface area (Å²) in [5.74, 6) is 0. The quantitative estimate of drug-likeness (QED) is 0.643. The number of hydrogen-bond donors (Lipinski definition) is 0. The predicted octanol–water partition coefficient (Wildman–Crippen LogP) is 3.49. The van der Waals surface area contributed by atoms with Crippen LogP contribution in [0.1, 0.15) is 0 Å². The van der Waals surface area contributed by atoms with Crippen molar-refractivity contribution in [1.29, 1.82) is 0 Å². The minimum absolute atomic E-state index is 0.702. The maximum atomic E-state index is 6.07. The van der Waals surface area contributed by atoms with Crippen molar-refractivity contribution in [3.63, 3.8) is 0 Å². The molecule has 0 atom stereocenters.